The van der Waals surface area contributed by atoms with Crippen molar-refractivity contribution in [2.45, 2.75) is 32.0 Å². The number of halogens is 5. The molecule has 2 aliphatic carbocycles. The lowest BCUT2D eigenvalue weighted by Crippen LogP contribution is -2.25. The van der Waals surface area contributed by atoms with Crippen LogP contribution in [0.25, 0.3) is 11.0 Å². The molecule has 2 aromatic heterocycles. The van der Waals surface area contributed by atoms with E-state index in [1.54, 1.807) is 13.3 Å². The molecule has 1 N–H and O–H groups in total. The summed E-state index contributed by atoms with van der Waals surface area (Å²) in [6.07, 6.45) is -1.44. The molecule has 11 heteroatoms. The van der Waals surface area contributed by atoms with Gasteiger partial charge in [-0.2, -0.15) is 18.3 Å². The SMILES string of the molecule is CC(C(=O)Nc1cc(C(F)(F)F)nn1C)C1[C@H]2CC(n3cnc4cc(F)c(F)cc43)C[C@@H]12. The van der Waals surface area contributed by atoms with E-state index in [0.717, 1.165) is 35.7 Å². The Bertz CT molecular complexity index is 1200. The van der Waals surface area contributed by atoms with Crippen molar-refractivity contribution in [1.29, 1.82) is 0 Å². The van der Waals surface area contributed by atoms with Gasteiger partial charge in [-0.3, -0.25) is 9.48 Å². The Morgan fingerprint density at radius 2 is 1.81 bits per heavy atom. The van der Waals surface area contributed by atoms with Gasteiger partial charge in [-0.1, -0.05) is 6.92 Å². The summed E-state index contributed by atoms with van der Waals surface area (Å²) in [7, 11) is 1.34. The smallest absolute Gasteiger partial charge is 0.327 e. The number of nitrogens with one attached hydrogen (secondary N) is 1. The summed E-state index contributed by atoms with van der Waals surface area (Å²) in [5.74, 6) is -1.87. The Morgan fingerprint density at radius 3 is 2.44 bits per heavy atom. The number of amides is 1. The van der Waals surface area contributed by atoms with Gasteiger partial charge < -0.3 is 9.88 Å². The molecule has 32 heavy (non-hydrogen) atoms. The number of benzene rings is 1. The second kappa shape index (κ2) is 7.01. The quantitative estimate of drug-likeness (QED) is 0.590. The number of nitrogens with zero attached hydrogens (tertiary/aromatic N) is 4. The summed E-state index contributed by atoms with van der Waals surface area (Å²) < 4.78 is 68.5. The maximum atomic E-state index is 13.7. The zero-order chi connectivity index (χ0) is 22.9. The molecular formula is C21H20F5N5O. The lowest BCUT2D eigenvalue weighted by molar-refractivity contribution is -0.141. The van der Waals surface area contributed by atoms with Crippen LogP contribution in [0.3, 0.4) is 0 Å². The molecule has 0 radical (unpaired) electrons. The molecule has 0 saturated heterocycles. The van der Waals surface area contributed by atoms with E-state index in [4.69, 9.17) is 0 Å². The van der Waals surface area contributed by atoms with Crippen molar-refractivity contribution in [3.05, 3.63) is 41.9 Å². The van der Waals surface area contributed by atoms with Gasteiger partial charge in [-0.05, 0) is 30.6 Å². The highest BCUT2D eigenvalue weighted by Gasteiger charge is 2.59. The highest BCUT2D eigenvalue weighted by atomic mass is 19.4. The minimum absolute atomic E-state index is 0.00277. The molecule has 1 aromatic carbocycles. The predicted molar refractivity (Wildman–Crippen MR) is 104 cm³/mol. The summed E-state index contributed by atoms with van der Waals surface area (Å²) >= 11 is 0. The standard InChI is InChI=1S/C21H20F5N5O/c1-9(20(32)28-18-7-17(21(24,25)26)29-30(18)2)19-11-3-10(4-12(11)19)31-8-27-15-5-13(22)14(23)6-16(15)31/h5-12,19H,3-4H2,1-2H3,(H,28,32)/t9?,10?,11-,12+,19?. The number of hydrogen-bond acceptors (Lipinski definition) is 3. The molecule has 170 valence electrons. The van der Waals surface area contributed by atoms with Gasteiger partial charge in [0.05, 0.1) is 17.4 Å². The number of hydrogen-bond donors (Lipinski definition) is 1. The molecule has 5 atom stereocenters. The molecule has 0 bridgehead atoms. The molecule has 6 nitrogen and oxygen atoms in total. The first-order valence-electron chi connectivity index (χ1n) is 10.3. The van der Waals surface area contributed by atoms with E-state index < -0.39 is 23.5 Å². The number of fused-ring (bicyclic) bond motifs is 2. The molecule has 2 saturated carbocycles. The summed E-state index contributed by atoms with van der Waals surface area (Å²) in [5.41, 5.74) is -0.129. The van der Waals surface area contributed by atoms with E-state index in [-0.39, 0.29) is 29.6 Å². The lowest BCUT2D eigenvalue weighted by Gasteiger charge is -2.19. The Hall–Kier alpha value is -2.98. The molecule has 2 aliphatic rings. The van der Waals surface area contributed by atoms with Crippen molar-refractivity contribution >= 4 is 22.8 Å². The summed E-state index contributed by atoms with van der Waals surface area (Å²) in [6.45, 7) is 1.78. The molecule has 0 aliphatic heterocycles. The van der Waals surface area contributed by atoms with Crippen LogP contribution in [-0.2, 0) is 18.0 Å². The van der Waals surface area contributed by atoms with Crippen molar-refractivity contribution < 1.29 is 26.7 Å². The van der Waals surface area contributed by atoms with Crippen LogP contribution in [0.5, 0.6) is 0 Å². The largest absolute Gasteiger partial charge is 0.435 e. The van der Waals surface area contributed by atoms with Crippen LogP contribution in [0.4, 0.5) is 27.8 Å². The van der Waals surface area contributed by atoms with Gasteiger partial charge in [-0.25, -0.2) is 13.8 Å². The molecule has 2 fully saturated rings. The van der Waals surface area contributed by atoms with Crippen LogP contribution in [0.1, 0.15) is 31.5 Å². The molecule has 2 heterocycles. The number of alkyl halides is 3. The van der Waals surface area contributed by atoms with Crippen LogP contribution in [0.2, 0.25) is 0 Å². The van der Waals surface area contributed by atoms with Crippen molar-refractivity contribution in [1.82, 2.24) is 19.3 Å². The molecule has 3 unspecified atom stereocenters. The van der Waals surface area contributed by atoms with Crippen LogP contribution in [0, 0.1) is 35.3 Å². The Morgan fingerprint density at radius 1 is 1.16 bits per heavy atom. The van der Waals surface area contributed by atoms with Gasteiger partial charge in [-0.15, -0.1) is 0 Å². The summed E-state index contributed by atoms with van der Waals surface area (Å²) in [4.78, 5) is 16.8. The van der Waals surface area contributed by atoms with Crippen LogP contribution >= 0.6 is 0 Å². The second-order valence-corrected chi connectivity index (χ2v) is 8.75. The second-order valence-electron chi connectivity index (χ2n) is 8.75. The predicted octanol–water partition coefficient (Wildman–Crippen LogP) is 4.54. The molecule has 5 rings (SSSR count). The Balaban J connectivity index is 1.24. The maximum Gasteiger partial charge on any atom is 0.435 e. The van der Waals surface area contributed by atoms with Gasteiger partial charge in [0.2, 0.25) is 5.91 Å². The Kier molecular flexibility index (Phi) is 4.58. The van der Waals surface area contributed by atoms with E-state index in [1.807, 2.05) is 4.57 Å². The van der Waals surface area contributed by atoms with Crippen molar-refractivity contribution in [3.8, 4) is 0 Å². The van der Waals surface area contributed by atoms with Gasteiger partial charge in [0.15, 0.2) is 17.3 Å². The number of aryl methyl sites for hydroxylation is 1. The molecule has 0 spiro atoms. The zero-order valence-electron chi connectivity index (χ0n) is 17.2. The fourth-order valence-electron chi connectivity index (χ4n) is 5.28. The summed E-state index contributed by atoms with van der Waals surface area (Å²) in [5, 5.41) is 5.96. The number of aromatic nitrogens is 4. The van der Waals surface area contributed by atoms with Crippen molar-refractivity contribution in [2.75, 3.05) is 5.32 Å². The number of carbonyl (C=O) groups is 1. The highest BCUT2D eigenvalue weighted by molar-refractivity contribution is 5.92. The monoisotopic (exact) mass is 453 g/mol. The first-order valence-corrected chi connectivity index (χ1v) is 10.3. The number of imidazole rings is 1. The average Bonchev–Trinajstić information content (AvgIpc) is 3.08. The molecular weight excluding hydrogens is 433 g/mol. The normalized spacial score (nSPS) is 25.7. The van der Waals surface area contributed by atoms with Crippen LogP contribution < -0.4 is 5.32 Å². The van der Waals surface area contributed by atoms with Gasteiger partial charge >= 0.3 is 6.18 Å². The summed E-state index contributed by atoms with van der Waals surface area (Å²) in [6, 6.07) is 3.13. The third-order valence-electron chi connectivity index (χ3n) is 6.91. The van der Waals surface area contributed by atoms with E-state index >= 15 is 0 Å². The third-order valence-corrected chi connectivity index (χ3v) is 6.91. The van der Waals surface area contributed by atoms with Gasteiger partial charge in [0, 0.05) is 37.2 Å². The first kappa shape index (κ1) is 20.9. The third kappa shape index (κ3) is 3.34. The minimum Gasteiger partial charge on any atom is -0.327 e. The van der Waals surface area contributed by atoms with Gasteiger partial charge in [0.25, 0.3) is 0 Å². The van der Waals surface area contributed by atoms with Gasteiger partial charge in [0.1, 0.15) is 5.82 Å². The topological polar surface area (TPSA) is 64.7 Å². The number of rotatable bonds is 4. The Labute approximate surface area is 179 Å². The lowest BCUT2D eigenvalue weighted by atomic mass is 9.96. The van der Waals surface area contributed by atoms with Crippen molar-refractivity contribution in [2.24, 2.45) is 30.7 Å². The van der Waals surface area contributed by atoms with Crippen molar-refractivity contribution in [3.63, 3.8) is 0 Å². The number of anilines is 1. The van der Waals surface area contributed by atoms with E-state index in [9.17, 15) is 26.7 Å². The maximum absolute atomic E-state index is 13.7. The number of carbonyl (C=O) groups excluding carboxylic acids is 1. The van der Waals surface area contributed by atoms with E-state index in [1.165, 1.54) is 7.05 Å². The van der Waals surface area contributed by atoms with E-state index in [0.29, 0.717) is 22.9 Å². The average molecular weight is 453 g/mol. The fraction of sp³-hybridized carbons (Fsp3) is 0.476. The molecule has 3 aromatic rings. The highest BCUT2D eigenvalue weighted by Crippen LogP contribution is 2.64. The molecule has 1 amide bonds. The van der Waals surface area contributed by atoms with Crippen LogP contribution in [0.15, 0.2) is 24.5 Å². The minimum atomic E-state index is -4.58. The van der Waals surface area contributed by atoms with E-state index in [2.05, 4.69) is 15.4 Å². The van der Waals surface area contributed by atoms with Crippen LogP contribution in [-0.4, -0.2) is 25.2 Å². The fourth-order valence-corrected chi connectivity index (χ4v) is 5.28. The first-order chi connectivity index (χ1) is 15.0. The zero-order valence-corrected chi connectivity index (χ0v) is 17.2.